The standard InChI is InChI=1S/C14H12F3NO3/c1-18-13(7-3-4-8(15)12(17)11(7)16)9-5-6-10(21-9)14(19)20-2/h3-6,13,18H,1-2H3. The molecule has 21 heavy (non-hydrogen) atoms. The zero-order valence-corrected chi connectivity index (χ0v) is 11.2. The average molecular weight is 299 g/mol. The Labute approximate surface area is 118 Å². The minimum Gasteiger partial charge on any atom is -0.463 e. The fourth-order valence-corrected chi connectivity index (χ4v) is 1.93. The Morgan fingerprint density at radius 3 is 2.52 bits per heavy atom. The van der Waals surface area contributed by atoms with Crippen LogP contribution in [0.4, 0.5) is 13.2 Å². The molecule has 2 aromatic rings. The minimum absolute atomic E-state index is 0.0734. The van der Waals surface area contributed by atoms with E-state index in [1.165, 1.54) is 26.3 Å². The largest absolute Gasteiger partial charge is 0.463 e. The quantitative estimate of drug-likeness (QED) is 0.697. The summed E-state index contributed by atoms with van der Waals surface area (Å²) in [7, 11) is 2.68. The second-order valence-corrected chi connectivity index (χ2v) is 4.18. The zero-order valence-electron chi connectivity index (χ0n) is 11.2. The summed E-state index contributed by atoms with van der Waals surface area (Å²) in [5.74, 6) is -4.75. The van der Waals surface area contributed by atoms with Gasteiger partial charge in [-0.3, -0.25) is 0 Å². The van der Waals surface area contributed by atoms with Gasteiger partial charge in [-0.15, -0.1) is 0 Å². The first-order chi connectivity index (χ1) is 9.99. The Kier molecular flexibility index (Phi) is 4.32. The maximum atomic E-state index is 13.8. The maximum absolute atomic E-state index is 13.8. The highest BCUT2D eigenvalue weighted by Crippen LogP contribution is 2.28. The van der Waals surface area contributed by atoms with Crippen LogP contribution in [-0.2, 0) is 4.74 Å². The summed E-state index contributed by atoms with van der Waals surface area (Å²) in [5.41, 5.74) is -0.137. The van der Waals surface area contributed by atoms with Gasteiger partial charge in [-0.25, -0.2) is 18.0 Å². The molecule has 0 fully saturated rings. The van der Waals surface area contributed by atoms with Gasteiger partial charge < -0.3 is 14.5 Å². The van der Waals surface area contributed by atoms with Gasteiger partial charge in [-0.1, -0.05) is 6.07 Å². The van der Waals surface area contributed by atoms with Crippen LogP contribution >= 0.6 is 0 Å². The van der Waals surface area contributed by atoms with Crippen LogP contribution in [0.1, 0.15) is 27.9 Å². The van der Waals surface area contributed by atoms with Gasteiger partial charge in [-0.2, -0.15) is 0 Å². The van der Waals surface area contributed by atoms with Crippen molar-refractivity contribution in [3.05, 3.63) is 58.8 Å². The zero-order chi connectivity index (χ0) is 15.6. The van der Waals surface area contributed by atoms with Crippen molar-refractivity contribution in [2.24, 2.45) is 0 Å². The van der Waals surface area contributed by atoms with Gasteiger partial charge in [0.2, 0.25) is 5.76 Å². The van der Waals surface area contributed by atoms with E-state index in [2.05, 4.69) is 10.1 Å². The minimum atomic E-state index is -1.56. The molecule has 1 N–H and O–H groups in total. The van der Waals surface area contributed by atoms with E-state index in [-0.39, 0.29) is 17.1 Å². The lowest BCUT2D eigenvalue weighted by molar-refractivity contribution is 0.0562. The van der Waals surface area contributed by atoms with Crippen LogP contribution in [-0.4, -0.2) is 20.1 Å². The molecule has 0 aliphatic carbocycles. The van der Waals surface area contributed by atoms with Crippen LogP contribution in [0.2, 0.25) is 0 Å². The molecular weight excluding hydrogens is 287 g/mol. The normalized spacial score (nSPS) is 12.2. The number of halogens is 3. The lowest BCUT2D eigenvalue weighted by atomic mass is 10.0. The van der Waals surface area contributed by atoms with Crippen molar-refractivity contribution in [3.63, 3.8) is 0 Å². The summed E-state index contributed by atoms with van der Waals surface area (Å²) in [6.07, 6.45) is 0. The number of benzene rings is 1. The van der Waals surface area contributed by atoms with E-state index < -0.39 is 29.5 Å². The molecule has 0 aliphatic rings. The van der Waals surface area contributed by atoms with Crippen molar-refractivity contribution in [2.75, 3.05) is 14.2 Å². The molecule has 0 bridgehead atoms. The third-order valence-electron chi connectivity index (χ3n) is 2.96. The molecule has 1 aromatic heterocycles. The Morgan fingerprint density at radius 1 is 1.19 bits per heavy atom. The molecule has 0 radical (unpaired) electrons. The molecule has 1 aromatic carbocycles. The summed E-state index contributed by atoms with van der Waals surface area (Å²) < 4.78 is 49.8. The van der Waals surface area contributed by atoms with E-state index in [1.54, 1.807) is 0 Å². The van der Waals surface area contributed by atoms with E-state index in [4.69, 9.17) is 4.42 Å². The van der Waals surface area contributed by atoms with Crippen LogP contribution < -0.4 is 5.32 Å². The topological polar surface area (TPSA) is 51.5 Å². The molecule has 2 rings (SSSR count). The maximum Gasteiger partial charge on any atom is 0.373 e. The number of carbonyl (C=O) groups excluding carboxylic acids is 1. The van der Waals surface area contributed by atoms with E-state index in [0.717, 1.165) is 12.1 Å². The van der Waals surface area contributed by atoms with Crippen LogP contribution in [0.15, 0.2) is 28.7 Å². The van der Waals surface area contributed by atoms with Gasteiger partial charge in [0.05, 0.1) is 13.2 Å². The van der Waals surface area contributed by atoms with E-state index >= 15 is 0 Å². The van der Waals surface area contributed by atoms with Gasteiger partial charge in [-0.05, 0) is 25.2 Å². The lowest BCUT2D eigenvalue weighted by Crippen LogP contribution is -2.19. The van der Waals surface area contributed by atoms with Crippen molar-refractivity contribution in [1.82, 2.24) is 5.32 Å². The third kappa shape index (κ3) is 2.78. The molecule has 1 heterocycles. The molecule has 0 saturated heterocycles. The lowest BCUT2D eigenvalue weighted by Gasteiger charge is -2.15. The second kappa shape index (κ2) is 6.01. The summed E-state index contributed by atoms with van der Waals surface area (Å²) in [4.78, 5) is 11.3. The first-order valence-corrected chi connectivity index (χ1v) is 5.98. The highest BCUT2D eigenvalue weighted by atomic mass is 19.2. The first-order valence-electron chi connectivity index (χ1n) is 5.98. The fraction of sp³-hybridized carbons (Fsp3) is 0.214. The summed E-state index contributed by atoms with van der Waals surface area (Å²) >= 11 is 0. The Bertz CT molecular complexity index is 669. The van der Waals surface area contributed by atoms with E-state index in [0.29, 0.717) is 0 Å². The number of esters is 1. The van der Waals surface area contributed by atoms with Crippen molar-refractivity contribution < 1.29 is 27.1 Å². The van der Waals surface area contributed by atoms with Gasteiger partial charge in [0.25, 0.3) is 0 Å². The number of nitrogens with one attached hydrogen (secondary N) is 1. The van der Waals surface area contributed by atoms with Gasteiger partial charge in [0.1, 0.15) is 5.76 Å². The van der Waals surface area contributed by atoms with E-state index in [9.17, 15) is 18.0 Å². The molecule has 1 unspecified atom stereocenters. The highest BCUT2D eigenvalue weighted by Gasteiger charge is 2.24. The van der Waals surface area contributed by atoms with E-state index in [1.807, 2.05) is 0 Å². The molecule has 1 atom stereocenters. The number of hydrogen-bond acceptors (Lipinski definition) is 4. The Morgan fingerprint density at radius 2 is 1.90 bits per heavy atom. The number of carbonyl (C=O) groups is 1. The number of rotatable bonds is 4. The average Bonchev–Trinajstić information content (AvgIpc) is 2.96. The molecule has 4 nitrogen and oxygen atoms in total. The predicted molar refractivity (Wildman–Crippen MR) is 67.3 cm³/mol. The molecule has 0 aliphatic heterocycles. The third-order valence-corrected chi connectivity index (χ3v) is 2.96. The van der Waals surface area contributed by atoms with Crippen molar-refractivity contribution in [2.45, 2.75) is 6.04 Å². The van der Waals surface area contributed by atoms with Crippen molar-refractivity contribution in [1.29, 1.82) is 0 Å². The molecule has 112 valence electrons. The summed E-state index contributed by atoms with van der Waals surface area (Å²) in [5, 5.41) is 2.72. The number of methoxy groups -OCH3 is 1. The summed E-state index contributed by atoms with van der Waals surface area (Å²) in [6, 6.07) is 3.83. The van der Waals surface area contributed by atoms with Crippen molar-refractivity contribution >= 4 is 5.97 Å². The highest BCUT2D eigenvalue weighted by molar-refractivity contribution is 5.86. The number of hydrogen-bond donors (Lipinski definition) is 1. The smallest absolute Gasteiger partial charge is 0.373 e. The summed E-state index contributed by atoms with van der Waals surface area (Å²) in [6.45, 7) is 0. The second-order valence-electron chi connectivity index (χ2n) is 4.18. The van der Waals surface area contributed by atoms with Gasteiger partial charge in [0, 0.05) is 5.56 Å². The monoisotopic (exact) mass is 299 g/mol. The van der Waals surface area contributed by atoms with Gasteiger partial charge in [0.15, 0.2) is 17.5 Å². The van der Waals surface area contributed by atoms with Crippen LogP contribution in [0.25, 0.3) is 0 Å². The molecule has 7 heteroatoms. The number of ether oxygens (including phenoxy) is 1. The fourth-order valence-electron chi connectivity index (χ4n) is 1.93. The molecule has 0 saturated carbocycles. The Balaban J connectivity index is 2.43. The SMILES string of the molecule is CNC(c1ccc(C(=O)OC)o1)c1ccc(F)c(F)c1F. The predicted octanol–water partition coefficient (Wildman–Crippen LogP) is 2.79. The first kappa shape index (κ1) is 15.1. The molecular formula is C14H12F3NO3. The number of furan rings is 1. The molecule has 0 amide bonds. The van der Waals surface area contributed by atoms with Crippen LogP contribution in [0.3, 0.4) is 0 Å². The van der Waals surface area contributed by atoms with Gasteiger partial charge >= 0.3 is 5.97 Å². The van der Waals surface area contributed by atoms with Crippen LogP contribution in [0, 0.1) is 17.5 Å². The Hall–Kier alpha value is -2.28. The van der Waals surface area contributed by atoms with Crippen molar-refractivity contribution in [3.8, 4) is 0 Å². The molecule has 0 spiro atoms. The van der Waals surface area contributed by atoms with Crippen LogP contribution in [0.5, 0.6) is 0 Å².